The van der Waals surface area contributed by atoms with E-state index in [2.05, 4.69) is 6.58 Å². The molecule has 0 amide bonds. The summed E-state index contributed by atoms with van der Waals surface area (Å²) >= 11 is 0. The van der Waals surface area contributed by atoms with E-state index >= 15 is 0 Å². The van der Waals surface area contributed by atoms with E-state index in [1.165, 1.54) is 0 Å². The Hall–Kier alpha value is -1.97. The summed E-state index contributed by atoms with van der Waals surface area (Å²) in [4.78, 5) is 11.9. The van der Waals surface area contributed by atoms with E-state index < -0.39 is 0 Å². The molecule has 1 unspecified atom stereocenters. The molecule has 0 saturated carbocycles. The predicted octanol–water partition coefficient (Wildman–Crippen LogP) is 3.00. The van der Waals surface area contributed by atoms with Crippen LogP contribution in [0.3, 0.4) is 0 Å². The zero-order valence-electron chi connectivity index (χ0n) is 12.3. The number of allylic oxidation sites excluding steroid dienone is 1. The standard InChI is InChI=1S/C16H22O4/c1-5-7-12(16(17)20-6-2)10-13-11-14(18-3)8-9-15(13)19-4/h5,8-9,11-12H,1,6-7,10H2,2-4H3. The van der Waals surface area contributed by atoms with E-state index in [-0.39, 0.29) is 11.9 Å². The third kappa shape index (κ3) is 4.30. The van der Waals surface area contributed by atoms with Crippen LogP contribution in [0.2, 0.25) is 0 Å². The largest absolute Gasteiger partial charge is 0.497 e. The number of methoxy groups -OCH3 is 2. The molecule has 4 nitrogen and oxygen atoms in total. The van der Waals surface area contributed by atoms with Crippen LogP contribution in [0.15, 0.2) is 30.9 Å². The lowest BCUT2D eigenvalue weighted by Gasteiger charge is -2.16. The molecule has 0 heterocycles. The fourth-order valence-electron chi connectivity index (χ4n) is 2.03. The highest BCUT2D eigenvalue weighted by Crippen LogP contribution is 2.27. The summed E-state index contributed by atoms with van der Waals surface area (Å²) < 4.78 is 15.6. The topological polar surface area (TPSA) is 44.8 Å². The van der Waals surface area contributed by atoms with Gasteiger partial charge < -0.3 is 14.2 Å². The zero-order chi connectivity index (χ0) is 15.0. The maximum Gasteiger partial charge on any atom is 0.309 e. The van der Waals surface area contributed by atoms with Crippen LogP contribution in [-0.4, -0.2) is 26.8 Å². The maximum atomic E-state index is 11.9. The van der Waals surface area contributed by atoms with Crippen molar-refractivity contribution in [3.05, 3.63) is 36.4 Å². The minimum atomic E-state index is -0.256. The maximum absolute atomic E-state index is 11.9. The molecule has 110 valence electrons. The average molecular weight is 278 g/mol. The van der Waals surface area contributed by atoms with Gasteiger partial charge in [-0.15, -0.1) is 6.58 Å². The van der Waals surface area contributed by atoms with Gasteiger partial charge in [0.1, 0.15) is 11.5 Å². The molecule has 0 bridgehead atoms. The minimum Gasteiger partial charge on any atom is -0.497 e. The van der Waals surface area contributed by atoms with Gasteiger partial charge in [-0.05, 0) is 43.5 Å². The first-order chi connectivity index (χ1) is 9.65. The van der Waals surface area contributed by atoms with E-state index in [9.17, 15) is 4.79 Å². The van der Waals surface area contributed by atoms with Gasteiger partial charge in [-0.1, -0.05) is 6.08 Å². The highest BCUT2D eigenvalue weighted by molar-refractivity contribution is 5.73. The van der Waals surface area contributed by atoms with Crippen LogP contribution >= 0.6 is 0 Å². The molecule has 0 aliphatic rings. The van der Waals surface area contributed by atoms with Gasteiger partial charge in [0.25, 0.3) is 0 Å². The second-order valence-electron chi connectivity index (χ2n) is 4.36. The van der Waals surface area contributed by atoms with E-state index in [1.807, 2.05) is 18.2 Å². The van der Waals surface area contributed by atoms with Crippen LogP contribution in [0.4, 0.5) is 0 Å². The summed E-state index contributed by atoms with van der Waals surface area (Å²) in [5, 5.41) is 0. The highest BCUT2D eigenvalue weighted by atomic mass is 16.5. The van der Waals surface area contributed by atoms with Crippen molar-refractivity contribution in [2.24, 2.45) is 5.92 Å². The van der Waals surface area contributed by atoms with Crippen LogP contribution in [0.5, 0.6) is 11.5 Å². The van der Waals surface area contributed by atoms with Crippen LogP contribution < -0.4 is 9.47 Å². The molecule has 0 aromatic heterocycles. The number of hydrogen-bond acceptors (Lipinski definition) is 4. The highest BCUT2D eigenvalue weighted by Gasteiger charge is 2.21. The average Bonchev–Trinajstić information content (AvgIpc) is 2.46. The minimum absolute atomic E-state index is 0.211. The predicted molar refractivity (Wildman–Crippen MR) is 78.2 cm³/mol. The fourth-order valence-corrected chi connectivity index (χ4v) is 2.03. The Balaban J connectivity index is 2.96. The summed E-state index contributed by atoms with van der Waals surface area (Å²) in [5.41, 5.74) is 0.923. The van der Waals surface area contributed by atoms with Crippen molar-refractivity contribution in [3.63, 3.8) is 0 Å². The summed E-state index contributed by atoms with van der Waals surface area (Å²) in [5.74, 6) is 1.01. The molecule has 0 spiro atoms. The second kappa shape index (κ2) is 8.25. The molecule has 0 saturated heterocycles. The molecular weight excluding hydrogens is 256 g/mol. The molecule has 0 radical (unpaired) electrons. The van der Waals surface area contributed by atoms with Crippen LogP contribution in [0.25, 0.3) is 0 Å². The van der Waals surface area contributed by atoms with Crippen molar-refractivity contribution in [2.75, 3.05) is 20.8 Å². The quantitative estimate of drug-likeness (QED) is 0.541. The van der Waals surface area contributed by atoms with Gasteiger partial charge in [0.2, 0.25) is 0 Å². The molecule has 0 aliphatic heterocycles. The van der Waals surface area contributed by atoms with E-state index in [4.69, 9.17) is 14.2 Å². The summed E-state index contributed by atoms with van der Waals surface area (Å²) in [6.45, 7) is 5.87. The first kappa shape index (κ1) is 16.1. The van der Waals surface area contributed by atoms with E-state index in [0.29, 0.717) is 19.4 Å². The van der Waals surface area contributed by atoms with E-state index in [1.54, 1.807) is 27.2 Å². The molecule has 0 fully saturated rings. The number of esters is 1. The van der Waals surface area contributed by atoms with Gasteiger partial charge in [-0.25, -0.2) is 0 Å². The Morgan fingerprint density at radius 1 is 1.35 bits per heavy atom. The fraction of sp³-hybridized carbons (Fsp3) is 0.438. The lowest BCUT2D eigenvalue weighted by atomic mass is 9.95. The van der Waals surface area contributed by atoms with Gasteiger partial charge >= 0.3 is 5.97 Å². The molecule has 1 aromatic rings. The molecule has 20 heavy (non-hydrogen) atoms. The Bertz CT molecular complexity index is 454. The number of rotatable bonds is 8. The summed E-state index contributed by atoms with van der Waals surface area (Å²) in [6, 6.07) is 5.55. The first-order valence-corrected chi connectivity index (χ1v) is 6.64. The number of carbonyl (C=O) groups excluding carboxylic acids is 1. The van der Waals surface area contributed by atoms with Gasteiger partial charge in [0.05, 0.1) is 26.7 Å². The molecule has 0 aliphatic carbocycles. The lowest BCUT2D eigenvalue weighted by molar-refractivity contribution is -0.147. The Labute approximate surface area is 120 Å². The Kier molecular flexibility index (Phi) is 6.64. The van der Waals surface area contributed by atoms with Crippen molar-refractivity contribution in [3.8, 4) is 11.5 Å². The smallest absolute Gasteiger partial charge is 0.309 e. The van der Waals surface area contributed by atoms with Crippen molar-refractivity contribution in [2.45, 2.75) is 19.8 Å². The Morgan fingerprint density at radius 2 is 2.10 bits per heavy atom. The number of ether oxygens (including phenoxy) is 3. The summed E-state index contributed by atoms with van der Waals surface area (Å²) in [7, 11) is 3.22. The number of carbonyl (C=O) groups is 1. The normalized spacial score (nSPS) is 11.6. The van der Waals surface area contributed by atoms with Crippen LogP contribution in [0.1, 0.15) is 18.9 Å². The molecule has 1 aromatic carbocycles. The third-order valence-corrected chi connectivity index (χ3v) is 3.02. The zero-order valence-corrected chi connectivity index (χ0v) is 12.3. The van der Waals surface area contributed by atoms with Gasteiger partial charge in [0.15, 0.2) is 0 Å². The van der Waals surface area contributed by atoms with Crippen molar-refractivity contribution in [1.29, 1.82) is 0 Å². The Morgan fingerprint density at radius 3 is 2.65 bits per heavy atom. The third-order valence-electron chi connectivity index (χ3n) is 3.02. The number of hydrogen-bond donors (Lipinski definition) is 0. The number of benzene rings is 1. The van der Waals surface area contributed by atoms with Gasteiger partial charge in [-0.3, -0.25) is 4.79 Å². The molecule has 1 atom stereocenters. The van der Waals surface area contributed by atoms with Gasteiger partial charge in [0, 0.05) is 0 Å². The lowest BCUT2D eigenvalue weighted by Crippen LogP contribution is -2.20. The molecular formula is C16H22O4. The van der Waals surface area contributed by atoms with Crippen LogP contribution in [0, 0.1) is 5.92 Å². The second-order valence-corrected chi connectivity index (χ2v) is 4.36. The molecule has 4 heteroatoms. The molecule has 1 rings (SSSR count). The SMILES string of the molecule is C=CCC(Cc1cc(OC)ccc1OC)C(=O)OCC. The first-order valence-electron chi connectivity index (χ1n) is 6.64. The van der Waals surface area contributed by atoms with Gasteiger partial charge in [-0.2, -0.15) is 0 Å². The van der Waals surface area contributed by atoms with Crippen molar-refractivity contribution >= 4 is 5.97 Å². The van der Waals surface area contributed by atoms with Crippen molar-refractivity contribution in [1.82, 2.24) is 0 Å². The van der Waals surface area contributed by atoms with Crippen molar-refractivity contribution < 1.29 is 19.0 Å². The molecule has 0 N–H and O–H groups in total. The monoisotopic (exact) mass is 278 g/mol. The van der Waals surface area contributed by atoms with E-state index in [0.717, 1.165) is 17.1 Å². The summed E-state index contributed by atoms with van der Waals surface area (Å²) in [6.07, 6.45) is 2.83. The van der Waals surface area contributed by atoms with Crippen LogP contribution in [-0.2, 0) is 16.0 Å².